The van der Waals surface area contributed by atoms with Crippen LogP contribution in [0.2, 0.25) is 0 Å². The lowest BCUT2D eigenvalue weighted by Crippen LogP contribution is -2.47. The highest BCUT2D eigenvalue weighted by Crippen LogP contribution is 2.36. The largest absolute Gasteiger partial charge is 0.391 e. The first-order valence-corrected chi connectivity index (χ1v) is 17.9. The Kier molecular flexibility index (Phi) is 11.5. The van der Waals surface area contributed by atoms with E-state index in [-0.39, 0.29) is 17.7 Å². The number of nitrogens with zero attached hydrogens (tertiary/aromatic N) is 6. The van der Waals surface area contributed by atoms with Gasteiger partial charge in [0.15, 0.2) is 0 Å². The Bertz CT molecular complexity index is 1830. The fourth-order valence-electron chi connectivity index (χ4n) is 7.22. The van der Waals surface area contributed by atoms with E-state index in [9.17, 15) is 4.79 Å². The van der Waals surface area contributed by atoms with Crippen molar-refractivity contribution in [1.29, 1.82) is 0 Å². The SMILES string of the molecule is C=C1NN=C(CN2CCN(C(=C)/C=C\C=C/C)CC2)C(=C)C2C(NC)=CC=CC12.CN1CCN(CC2=NNC(=O)c3cccc4[nH]cc2c34)CC1. The summed E-state index contributed by atoms with van der Waals surface area (Å²) < 4.78 is 0. The second-order valence-corrected chi connectivity index (χ2v) is 13.6. The van der Waals surface area contributed by atoms with E-state index in [2.05, 4.69) is 102 Å². The molecule has 11 nitrogen and oxygen atoms in total. The number of hydrogen-bond acceptors (Lipinski definition) is 9. The Morgan fingerprint density at radius 2 is 1.67 bits per heavy atom. The van der Waals surface area contributed by atoms with Gasteiger partial charge in [-0.1, -0.05) is 56.2 Å². The van der Waals surface area contributed by atoms with Crippen molar-refractivity contribution < 1.29 is 4.79 Å². The van der Waals surface area contributed by atoms with Gasteiger partial charge in [-0.25, -0.2) is 5.43 Å². The van der Waals surface area contributed by atoms with Crippen LogP contribution in [0.25, 0.3) is 10.9 Å². The van der Waals surface area contributed by atoms with Gasteiger partial charge in [-0.05, 0) is 43.8 Å². The third-order valence-corrected chi connectivity index (χ3v) is 10.3. The number of likely N-dealkylation sites (N-methyl/N-ethyl adjacent to an activating group) is 1. The maximum Gasteiger partial charge on any atom is 0.272 e. The number of fused-ring (bicyclic) bond motifs is 1. The molecule has 51 heavy (non-hydrogen) atoms. The fraction of sp³-hybridized carbons (Fsp3) is 0.375. The van der Waals surface area contributed by atoms with Crippen molar-refractivity contribution in [1.82, 2.24) is 40.8 Å². The third kappa shape index (κ3) is 8.17. The van der Waals surface area contributed by atoms with Crippen molar-refractivity contribution in [3.05, 3.63) is 120 Å². The number of amides is 1. The van der Waals surface area contributed by atoms with Gasteiger partial charge in [-0.2, -0.15) is 10.2 Å². The summed E-state index contributed by atoms with van der Waals surface area (Å²) in [6, 6.07) is 5.74. The molecule has 0 bridgehead atoms. The zero-order chi connectivity index (χ0) is 35.9. The molecule has 0 spiro atoms. The van der Waals surface area contributed by atoms with E-state index in [1.807, 2.05) is 56.6 Å². The van der Waals surface area contributed by atoms with Crippen LogP contribution in [-0.4, -0.2) is 121 Å². The Hall–Kier alpha value is -4.97. The summed E-state index contributed by atoms with van der Waals surface area (Å²) in [7, 11) is 4.11. The minimum absolute atomic E-state index is 0.139. The molecule has 4 aliphatic heterocycles. The smallest absolute Gasteiger partial charge is 0.272 e. The van der Waals surface area contributed by atoms with E-state index in [1.165, 1.54) is 0 Å². The number of carbonyl (C=O) groups is 1. The lowest BCUT2D eigenvalue weighted by molar-refractivity contribution is 0.0956. The van der Waals surface area contributed by atoms with Crippen molar-refractivity contribution in [2.24, 2.45) is 22.0 Å². The second kappa shape index (κ2) is 16.4. The minimum Gasteiger partial charge on any atom is -0.391 e. The number of aromatic amines is 1. The molecule has 1 aromatic carbocycles. The normalized spacial score (nSPS) is 23.1. The monoisotopic (exact) mass is 688 g/mol. The molecule has 5 aliphatic rings. The topological polar surface area (TPSA) is 107 Å². The van der Waals surface area contributed by atoms with Crippen LogP contribution >= 0.6 is 0 Å². The van der Waals surface area contributed by atoms with Gasteiger partial charge < -0.3 is 20.1 Å². The molecule has 2 saturated heterocycles. The molecule has 1 aromatic heterocycles. The van der Waals surface area contributed by atoms with Gasteiger partial charge >= 0.3 is 0 Å². The van der Waals surface area contributed by atoms with Crippen molar-refractivity contribution >= 4 is 28.2 Å². The van der Waals surface area contributed by atoms with Gasteiger partial charge in [0.05, 0.1) is 17.0 Å². The van der Waals surface area contributed by atoms with Gasteiger partial charge in [0.25, 0.3) is 5.91 Å². The standard InChI is InChI=1S/C24H33N5.C16H19N5O/c1-6-7-8-10-18(2)29-15-13-28(14-16-29)17-23-19(3)24-21(20(4)26-27-23)11-9-12-22(24)25-5;1-20-5-7-21(8-6-20)10-14-12-9-17-13-4-2-3-11(15(12)13)16(22)19-18-14/h6-12,21,24-26H,2-4,13-17H2,1,5H3;2-4,9,17H,5-8,10H2,1H3,(H,19,22)/b7-6-,10-8-;. The lowest BCUT2D eigenvalue weighted by Gasteiger charge is -2.37. The van der Waals surface area contributed by atoms with E-state index >= 15 is 0 Å². The third-order valence-electron chi connectivity index (χ3n) is 10.3. The number of hydrazone groups is 2. The van der Waals surface area contributed by atoms with Crippen LogP contribution in [-0.2, 0) is 0 Å². The average Bonchev–Trinajstić information content (AvgIpc) is 3.49. The molecule has 0 radical (unpaired) electrons. The molecule has 11 heteroatoms. The Labute approximate surface area is 302 Å². The summed E-state index contributed by atoms with van der Waals surface area (Å²) >= 11 is 0. The zero-order valence-corrected chi connectivity index (χ0v) is 30.3. The molecule has 1 amide bonds. The molecule has 2 aromatic rings. The number of allylic oxidation sites excluding steroid dienone is 8. The maximum absolute atomic E-state index is 12.2. The van der Waals surface area contributed by atoms with Gasteiger partial charge in [-0.3, -0.25) is 20.0 Å². The first kappa shape index (κ1) is 35.8. The molecule has 2 fully saturated rings. The van der Waals surface area contributed by atoms with E-state index in [0.29, 0.717) is 5.56 Å². The van der Waals surface area contributed by atoms with Gasteiger partial charge in [0.2, 0.25) is 0 Å². The Balaban J connectivity index is 0.000000182. The summed E-state index contributed by atoms with van der Waals surface area (Å²) in [6.45, 7) is 24.5. The van der Waals surface area contributed by atoms with E-state index in [1.54, 1.807) is 0 Å². The number of carbonyl (C=O) groups excluding carboxylic acids is 1. The minimum atomic E-state index is -0.139. The van der Waals surface area contributed by atoms with Gasteiger partial charge in [-0.15, -0.1) is 0 Å². The van der Waals surface area contributed by atoms with Crippen LogP contribution in [0.3, 0.4) is 0 Å². The molecule has 0 saturated carbocycles. The number of aromatic nitrogens is 1. The molecule has 5 heterocycles. The number of hydrogen-bond donors (Lipinski definition) is 4. The van der Waals surface area contributed by atoms with Crippen LogP contribution in [0, 0.1) is 11.8 Å². The van der Waals surface area contributed by atoms with Crippen LogP contribution in [0.4, 0.5) is 0 Å². The van der Waals surface area contributed by atoms with Crippen LogP contribution in [0.5, 0.6) is 0 Å². The number of benzene rings is 1. The van der Waals surface area contributed by atoms with Crippen molar-refractivity contribution in [2.75, 3.05) is 79.5 Å². The number of piperazine rings is 2. The van der Waals surface area contributed by atoms with Gasteiger partial charge in [0.1, 0.15) is 0 Å². The van der Waals surface area contributed by atoms with E-state index in [0.717, 1.165) is 116 Å². The Morgan fingerprint density at radius 1 is 0.961 bits per heavy atom. The fourth-order valence-corrected chi connectivity index (χ4v) is 7.22. The highest BCUT2D eigenvalue weighted by Gasteiger charge is 2.34. The summed E-state index contributed by atoms with van der Waals surface area (Å²) in [5.74, 6) is 0.184. The number of nitrogens with one attached hydrogen (secondary N) is 4. The number of rotatable bonds is 8. The predicted molar refractivity (Wildman–Crippen MR) is 209 cm³/mol. The molecular formula is C40H52N10O. The van der Waals surface area contributed by atoms with Gasteiger partial charge in [0, 0.05) is 124 Å². The number of H-pyrrole nitrogens is 1. The first-order valence-electron chi connectivity index (χ1n) is 17.9. The van der Waals surface area contributed by atoms with E-state index in [4.69, 9.17) is 0 Å². The molecule has 2 unspecified atom stereocenters. The van der Waals surface area contributed by atoms with Crippen molar-refractivity contribution in [2.45, 2.75) is 6.92 Å². The lowest BCUT2D eigenvalue weighted by atomic mass is 9.78. The summed E-state index contributed by atoms with van der Waals surface area (Å²) in [5, 5.41) is 13.3. The van der Waals surface area contributed by atoms with Crippen molar-refractivity contribution in [3.8, 4) is 0 Å². The molecule has 268 valence electrons. The van der Waals surface area contributed by atoms with E-state index < -0.39 is 0 Å². The quantitative estimate of drug-likeness (QED) is 0.311. The van der Waals surface area contributed by atoms with Crippen LogP contribution in [0.15, 0.2) is 120 Å². The summed E-state index contributed by atoms with van der Waals surface area (Å²) in [6.07, 6.45) is 16.5. The molecule has 1 aliphatic carbocycles. The highest BCUT2D eigenvalue weighted by atomic mass is 16.2. The van der Waals surface area contributed by atoms with Crippen molar-refractivity contribution in [3.63, 3.8) is 0 Å². The predicted octanol–water partition coefficient (Wildman–Crippen LogP) is 4.05. The molecule has 7 rings (SSSR count). The molecule has 4 N–H and O–H groups in total. The molecular weight excluding hydrogens is 637 g/mol. The molecule has 2 atom stereocenters. The zero-order valence-electron chi connectivity index (χ0n) is 30.3. The second-order valence-electron chi connectivity index (χ2n) is 13.6. The highest BCUT2D eigenvalue weighted by molar-refractivity contribution is 6.20. The average molecular weight is 689 g/mol. The first-order chi connectivity index (χ1) is 24.8. The van der Waals surface area contributed by atoms with Crippen LogP contribution < -0.4 is 16.2 Å². The summed E-state index contributed by atoms with van der Waals surface area (Å²) in [5.41, 5.74) is 14.7. The van der Waals surface area contributed by atoms with Crippen LogP contribution in [0.1, 0.15) is 22.8 Å². The Morgan fingerprint density at radius 3 is 2.39 bits per heavy atom. The maximum atomic E-state index is 12.2. The summed E-state index contributed by atoms with van der Waals surface area (Å²) in [4.78, 5) is 25.0.